The van der Waals surface area contributed by atoms with Crippen molar-refractivity contribution in [3.63, 3.8) is 0 Å². The van der Waals surface area contributed by atoms with E-state index in [1.807, 2.05) is 24.5 Å². The molecule has 1 aliphatic rings. The van der Waals surface area contributed by atoms with Crippen LogP contribution in [0.1, 0.15) is 12.8 Å². The minimum atomic E-state index is 1.05. The van der Waals surface area contributed by atoms with Gasteiger partial charge in [-0.25, -0.2) is 0 Å². The van der Waals surface area contributed by atoms with E-state index >= 15 is 0 Å². The molecule has 0 aliphatic carbocycles. The summed E-state index contributed by atoms with van der Waals surface area (Å²) < 4.78 is 0. The maximum absolute atomic E-state index is 4.00. The van der Waals surface area contributed by atoms with Crippen LogP contribution in [0.25, 0.3) is 0 Å². The zero-order valence-corrected chi connectivity index (χ0v) is 10.4. The molecule has 17 heavy (non-hydrogen) atoms. The summed E-state index contributed by atoms with van der Waals surface area (Å²) in [6.45, 7) is 7.00. The van der Waals surface area contributed by atoms with E-state index in [1.54, 1.807) is 0 Å². The smallest absolute Gasteiger partial charge is 0.0371 e. The number of pyridine rings is 1. The summed E-state index contributed by atoms with van der Waals surface area (Å²) in [5.74, 6) is 0. The van der Waals surface area contributed by atoms with Crippen LogP contribution < -0.4 is 10.6 Å². The van der Waals surface area contributed by atoms with E-state index < -0.39 is 0 Å². The highest BCUT2D eigenvalue weighted by atomic mass is 15.2. The fourth-order valence-electron chi connectivity index (χ4n) is 2.10. The molecule has 0 aromatic carbocycles. The molecule has 2 heterocycles. The first-order valence-electron chi connectivity index (χ1n) is 6.52. The summed E-state index contributed by atoms with van der Waals surface area (Å²) in [5.41, 5.74) is 1.17. The topological polar surface area (TPSA) is 40.2 Å². The zero-order valence-electron chi connectivity index (χ0n) is 10.4. The van der Waals surface area contributed by atoms with Crippen molar-refractivity contribution in [3.8, 4) is 0 Å². The molecule has 4 heteroatoms. The highest BCUT2D eigenvalue weighted by Crippen LogP contribution is 2.04. The molecule has 0 amide bonds. The molecule has 1 aromatic heterocycles. The van der Waals surface area contributed by atoms with Gasteiger partial charge in [-0.05, 0) is 31.5 Å². The van der Waals surface area contributed by atoms with Crippen molar-refractivity contribution in [2.24, 2.45) is 0 Å². The van der Waals surface area contributed by atoms with Crippen molar-refractivity contribution in [2.45, 2.75) is 12.8 Å². The Morgan fingerprint density at radius 3 is 2.71 bits per heavy atom. The average Bonchev–Trinajstić information content (AvgIpc) is 2.41. The Labute approximate surface area is 103 Å². The number of anilines is 1. The van der Waals surface area contributed by atoms with E-state index in [9.17, 15) is 0 Å². The highest BCUT2D eigenvalue weighted by molar-refractivity contribution is 5.40. The maximum Gasteiger partial charge on any atom is 0.0371 e. The van der Waals surface area contributed by atoms with E-state index in [2.05, 4.69) is 20.5 Å². The molecule has 1 aliphatic heterocycles. The van der Waals surface area contributed by atoms with Gasteiger partial charge >= 0.3 is 0 Å². The van der Waals surface area contributed by atoms with Crippen LogP contribution in [-0.2, 0) is 0 Å². The third kappa shape index (κ3) is 4.71. The van der Waals surface area contributed by atoms with Gasteiger partial charge in [0.1, 0.15) is 0 Å². The van der Waals surface area contributed by atoms with Gasteiger partial charge in [-0.2, -0.15) is 0 Å². The van der Waals surface area contributed by atoms with Crippen LogP contribution in [0.3, 0.4) is 0 Å². The zero-order chi connectivity index (χ0) is 11.8. The second-order valence-corrected chi connectivity index (χ2v) is 4.46. The van der Waals surface area contributed by atoms with Crippen molar-refractivity contribution >= 4 is 5.69 Å². The van der Waals surface area contributed by atoms with E-state index in [0.29, 0.717) is 0 Å². The van der Waals surface area contributed by atoms with Gasteiger partial charge in [0.05, 0.1) is 0 Å². The Morgan fingerprint density at radius 1 is 1.18 bits per heavy atom. The lowest BCUT2D eigenvalue weighted by molar-refractivity contribution is 0.237. The molecule has 94 valence electrons. The Balaban J connectivity index is 1.51. The SMILES string of the molecule is c1cc(NCCCCN2CCNCC2)ccn1. The molecular formula is C13H22N4. The van der Waals surface area contributed by atoms with E-state index in [0.717, 1.165) is 19.6 Å². The van der Waals surface area contributed by atoms with Gasteiger partial charge in [0.2, 0.25) is 0 Å². The number of nitrogens with one attached hydrogen (secondary N) is 2. The Kier molecular flexibility index (Phi) is 5.26. The van der Waals surface area contributed by atoms with Crippen LogP contribution in [0.15, 0.2) is 24.5 Å². The molecule has 1 saturated heterocycles. The average molecular weight is 234 g/mol. The Bertz CT molecular complexity index is 296. The molecule has 1 aromatic rings. The Hall–Kier alpha value is -1.13. The van der Waals surface area contributed by atoms with Crippen LogP contribution >= 0.6 is 0 Å². The predicted molar refractivity (Wildman–Crippen MR) is 71.3 cm³/mol. The number of aromatic nitrogens is 1. The molecule has 0 spiro atoms. The lowest BCUT2D eigenvalue weighted by atomic mass is 10.2. The van der Waals surface area contributed by atoms with Crippen molar-refractivity contribution in [3.05, 3.63) is 24.5 Å². The monoisotopic (exact) mass is 234 g/mol. The van der Waals surface area contributed by atoms with Gasteiger partial charge in [-0.3, -0.25) is 4.98 Å². The predicted octanol–water partition coefficient (Wildman–Crippen LogP) is 1.18. The second kappa shape index (κ2) is 7.25. The molecule has 0 saturated carbocycles. The molecule has 0 atom stereocenters. The number of nitrogens with zero attached hydrogens (tertiary/aromatic N) is 2. The van der Waals surface area contributed by atoms with Crippen LogP contribution in [-0.4, -0.2) is 49.2 Å². The van der Waals surface area contributed by atoms with Gasteiger partial charge in [0.15, 0.2) is 0 Å². The second-order valence-electron chi connectivity index (χ2n) is 4.46. The quantitative estimate of drug-likeness (QED) is 0.725. The molecule has 0 bridgehead atoms. The first-order valence-corrected chi connectivity index (χ1v) is 6.52. The first kappa shape index (κ1) is 12.3. The summed E-state index contributed by atoms with van der Waals surface area (Å²) >= 11 is 0. The number of hydrogen-bond acceptors (Lipinski definition) is 4. The molecule has 4 nitrogen and oxygen atoms in total. The number of rotatable bonds is 6. The fraction of sp³-hybridized carbons (Fsp3) is 0.615. The largest absolute Gasteiger partial charge is 0.385 e. The van der Waals surface area contributed by atoms with Gasteiger partial charge in [-0.15, -0.1) is 0 Å². The molecule has 0 unspecified atom stereocenters. The molecule has 2 rings (SSSR count). The third-order valence-electron chi connectivity index (χ3n) is 3.12. The summed E-state index contributed by atoms with van der Waals surface area (Å²) in [6, 6.07) is 4.02. The summed E-state index contributed by atoms with van der Waals surface area (Å²) in [4.78, 5) is 6.54. The minimum Gasteiger partial charge on any atom is -0.385 e. The van der Waals surface area contributed by atoms with Crippen molar-refractivity contribution < 1.29 is 0 Å². The summed E-state index contributed by atoms with van der Waals surface area (Å²) in [6.07, 6.45) is 6.15. The Morgan fingerprint density at radius 2 is 1.94 bits per heavy atom. The van der Waals surface area contributed by atoms with Gasteiger partial charge in [-0.1, -0.05) is 0 Å². The van der Waals surface area contributed by atoms with E-state index in [4.69, 9.17) is 0 Å². The van der Waals surface area contributed by atoms with Gasteiger partial charge in [0, 0.05) is 50.8 Å². The lowest BCUT2D eigenvalue weighted by Crippen LogP contribution is -2.43. The van der Waals surface area contributed by atoms with Gasteiger partial charge < -0.3 is 15.5 Å². The fourth-order valence-corrected chi connectivity index (χ4v) is 2.10. The van der Waals surface area contributed by atoms with Crippen molar-refractivity contribution in [2.75, 3.05) is 44.6 Å². The normalized spacial score (nSPS) is 16.9. The lowest BCUT2D eigenvalue weighted by Gasteiger charge is -2.27. The molecular weight excluding hydrogens is 212 g/mol. The van der Waals surface area contributed by atoms with Crippen molar-refractivity contribution in [1.82, 2.24) is 15.2 Å². The highest BCUT2D eigenvalue weighted by Gasteiger charge is 2.07. The van der Waals surface area contributed by atoms with Gasteiger partial charge in [0.25, 0.3) is 0 Å². The van der Waals surface area contributed by atoms with Crippen LogP contribution in [0.4, 0.5) is 5.69 Å². The number of unbranched alkanes of at least 4 members (excludes halogenated alkanes) is 1. The molecule has 0 radical (unpaired) electrons. The van der Waals surface area contributed by atoms with Crippen LogP contribution in [0.2, 0.25) is 0 Å². The van der Waals surface area contributed by atoms with Crippen LogP contribution in [0, 0.1) is 0 Å². The third-order valence-corrected chi connectivity index (χ3v) is 3.12. The van der Waals surface area contributed by atoms with E-state index in [-0.39, 0.29) is 0 Å². The minimum absolute atomic E-state index is 1.05. The van der Waals surface area contributed by atoms with Crippen LogP contribution in [0.5, 0.6) is 0 Å². The molecule has 2 N–H and O–H groups in total. The van der Waals surface area contributed by atoms with Crippen molar-refractivity contribution in [1.29, 1.82) is 0 Å². The number of piperazine rings is 1. The first-order chi connectivity index (χ1) is 8.45. The number of hydrogen-bond donors (Lipinski definition) is 2. The summed E-state index contributed by atoms with van der Waals surface area (Å²) in [7, 11) is 0. The standard InChI is InChI=1S/C13H22N4/c1(2-10-17-11-8-15-9-12-17)5-16-13-3-6-14-7-4-13/h3-4,6-7,15H,1-2,5,8-12H2,(H,14,16). The maximum atomic E-state index is 4.00. The summed E-state index contributed by atoms with van der Waals surface area (Å²) in [5, 5.41) is 6.79. The van der Waals surface area contributed by atoms with E-state index in [1.165, 1.54) is 38.2 Å². The molecule has 1 fully saturated rings.